The maximum absolute atomic E-state index is 4.05. The van der Waals surface area contributed by atoms with Crippen LogP contribution >= 0.6 is 11.3 Å². The Morgan fingerprint density at radius 1 is 0.596 bits per heavy atom. The molecule has 0 aliphatic heterocycles. The van der Waals surface area contributed by atoms with Crippen molar-refractivity contribution in [3.8, 4) is 16.8 Å². The Kier molecular flexibility index (Phi) is 10.2. The van der Waals surface area contributed by atoms with Gasteiger partial charge in [-0.2, -0.15) is 0 Å². The third-order valence-electron chi connectivity index (χ3n) is 11.3. The minimum absolute atomic E-state index is 0.107. The molecule has 0 saturated heterocycles. The molecule has 9 aromatic rings. The summed E-state index contributed by atoms with van der Waals surface area (Å²) in [6, 6.07) is 56.1. The van der Waals surface area contributed by atoms with Gasteiger partial charge >= 0.3 is 0 Å². The first-order chi connectivity index (χ1) is 28.0. The van der Waals surface area contributed by atoms with Gasteiger partial charge in [-0.3, -0.25) is 0 Å². The Morgan fingerprint density at radius 3 is 2.00 bits per heavy atom. The number of allylic oxidation sites excluding steroid dienone is 3. The summed E-state index contributed by atoms with van der Waals surface area (Å²) in [4.78, 5) is 2.43. The molecule has 7 aromatic carbocycles. The molecule has 0 amide bonds. The summed E-state index contributed by atoms with van der Waals surface area (Å²) in [5.74, 6) is 0. The van der Waals surface area contributed by atoms with Gasteiger partial charge in [0.05, 0.1) is 11.0 Å². The average molecular weight is 759 g/mol. The van der Waals surface area contributed by atoms with E-state index in [1.165, 1.54) is 64.2 Å². The van der Waals surface area contributed by atoms with Crippen LogP contribution in [-0.2, 0) is 5.41 Å². The molecule has 0 spiro atoms. The summed E-state index contributed by atoms with van der Waals surface area (Å²) in [5, 5.41) is 5.12. The van der Waals surface area contributed by atoms with E-state index in [-0.39, 0.29) is 5.41 Å². The zero-order valence-corrected chi connectivity index (χ0v) is 34.9. The molecule has 3 heteroatoms. The van der Waals surface area contributed by atoms with Gasteiger partial charge in [0, 0.05) is 59.1 Å². The van der Waals surface area contributed by atoms with Crippen LogP contribution in [0.1, 0.15) is 65.2 Å². The summed E-state index contributed by atoms with van der Waals surface area (Å²) in [7, 11) is 0. The molecule has 2 heterocycles. The summed E-state index contributed by atoms with van der Waals surface area (Å²) >= 11 is 1.87. The van der Waals surface area contributed by atoms with Crippen molar-refractivity contribution in [2.45, 2.75) is 53.9 Å². The summed E-state index contributed by atoms with van der Waals surface area (Å²) in [6.45, 7) is 18.8. The van der Waals surface area contributed by atoms with Crippen LogP contribution in [0.5, 0.6) is 0 Å². The van der Waals surface area contributed by atoms with Gasteiger partial charge in [0.15, 0.2) is 0 Å². The van der Waals surface area contributed by atoms with Crippen molar-refractivity contribution in [2.24, 2.45) is 0 Å². The second kappa shape index (κ2) is 15.4. The number of para-hydroxylation sites is 1. The molecule has 2 aromatic heterocycles. The Labute approximate surface area is 341 Å². The van der Waals surface area contributed by atoms with Crippen LogP contribution in [0.2, 0.25) is 0 Å². The molecule has 0 atom stereocenters. The first-order valence-corrected chi connectivity index (χ1v) is 21.2. The van der Waals surface area contributed by atoms with Gasteiger partial charge in [0.1, 0.15) is 0 Å². The fourth-order valence-electron chi connectivity index (χ4n) is 8.77. The summed E-state index contributed by atoms with van der Waals surface area (Å²) in [6.07, 6.45) is 4.04. The zero-order valence-electron chi connectivity index (χ0n) is 34.1. The number of benzene rings is 7. The number of aromatic nitrogens is 1. The third-order valence-corrected chi connectivity index (χ3v) is 12.5. The van der Waals surface area contributed by atoms with E-state index in [2.05, 4.69) is 195 Å². The molecule has 1 aliphatic rings. The molecule has 57 heavy (non-hydrogen) atoms. The maximum atomic E-state index is 4.05. The lowest BCUT2D eigenvalue weighted by Gasteiger charge is -2.28. The fourth-order valence-corrected chi connectivity index (χ4v) is 9.88. The van der Waals surface area contributed by atoms with Crippen molar-refractivity contribution in [1.29, 1.82) is 0 Å². The standard InChI is InChI=1S/C50H38N2S.2C2H6/c1-5-32(6-2)33-20-22-35(23-21-33)51(37-24-26-39-38-16-10-12-18-43(38)50(3,4)44(39)31-37)36-25-28-45-42(30-36)40-27-29-47-48(41-17-11-13-19-46(41)53-47)49(40)52(45)34-14-8-7-9-15-34;2*1-2/h5-31H,1H2,2-4H3;2*1-2H3/b32-6+;;. The predicted molar refractivity (Wildman–Crippen MR) is 252 cm³/mol. The molecule has 0 N–H and O–H groups in total. The van der Waals surface area contributed by atoms with E-state index in [1.54, 1.807) is 0 Å². The van der Waals surface area contributed by atoms with E-state index in [0.717, 1.165) is 33.9 Å². The Bertz CT molecular complexity index is 2940. The zero-order chi connectivity index (χ0) is 39.8. The van der Waals surface area contributed by atoms with E-state index >= 15 is 0 Å². The highest BCUT2D eigenvalue weighted by Crippen LogP contribution is 2.51. The second-order valence-corrected chi connectivity index (χ2v) is 15.6. The molecular weight excluding hydrogens is 709 g/mol. The predicted octanol–water partition coefficient (Wildman–Crippen LogP) is 16.6. The number of hydrogen-bond donors (Lipinski definition) is 0. The molecule has 2 nitrogen and oxygen atoms in total. The number of rotatable bonds is 6. The lowest BCUT2D eigenvalue weighted by atomic mass is 9.82. The topological polar surface area (TPSA) is 8.17 Å². The molecule has 10 rings (SSSR count). The van der Waals surface area contributed by atoms with Crippen LogP contribution in [-0.4, -0.2) is 4.57 Å². The van der Waals surface area contributed by atoms with Gasteiger partial charge in [-0.1, -0.05) is 145 Å². The Hall–Kier alpha value is -6.16. The number of anilines is 3. The summed E-state index contributed by atoms with van der Waals surface area (Å²) in [5.41, 5.74) is 14.6. The highest BCUT2D eigenvalue weighted by Gasteiger charge is 2.35. The third kappa shape index (κ3) is 6.09. The van der Waals surface area contributed by atoms with E-state index in [1.807, 2.05) is 45.1 Å². The van der Waals surface area contributed by atoms with E-state index in [0.29, 0.717) is 0 Å². The summed E-state index contributed by atoms with van der Waals surface area (Å²) < 4.78 is 5.09. The van der Waals surface area contributed by atoms with Crippen molar-refractivity contribution >= 4 is 76.0 Å². The molecule has 0 unspecified atom stereocenters. The number of nitrogens with zero attached hydrogens (tertiary/aromatic N) is 2. The number of hydrogen-bond acceptors (Lipinski definition) is 2. The quantitative estimate of drug-likeness (QED) is 0.153. The van der Waals surface area contributed by atoms with Gasteiger partial charge in [0.25, 0.3) is 0 Å². The Balaban J connectivity index is 0.00000110. The second-order valence-electron chi connectivity index (χ2n) is 14.5. The maximum Gasteiger partial charge on any atom is 0.0634 e. The average Bonchev–Trinajstić information content (AvgIpc) is 3.89. The minimum atomic E-state index is -0.107. The van der Waals surface area contributed by atoms with Crippen LogP contribution in [0.4, 0.5) is 17.1 Å². The lowest BCUT2D eigenvalue weighted by molar-refractivity contribution is 0.660. The van der Waals surface area contributed by atoms with Gasteiger partial charge in [0.2, 0.25) is 0 Å². The van der Waals surface area contributed by atoms with Crippen molar-refractivity contribution in [1.82, 2.24) is 4.57 Å². The van der Waals surface area contributed by atoms with Crippen molar-refractivity contribution in [2.75, 3.05) is 4.90 Å². The van der Waals surface area contributed by atoms with Crippen molar-refractivity contribution in [3.05, 3.63) is 187 Å². The molecule has 0 bridgehead atoms. The number of thiophene rings is 1. The molecule has 0 fully saturated rings. The van der Waals surface area contributed by atoms with Crippen LogP contribution in [0.25, 0.3) is 64.4 Å². The molecule has 0 saturated carbocycles. The highest BCUT2D eigenvalue weighted by molar-refractivity contribution is 7.26. The van der Waals surface area contributed by atoms with Crippen LogP contribution in [0.15, 0.2) is 170 Å². The van der Waals surface area contributed by atoms with E-state index < -0.39 is 0 Å². The minimum Gasteiger partial charge on any atom is -0.310 e. The van der Waals surface area contributed by atoms with Crippen molar-refractivity contribution in [3.63, 3.8) is 0 Å². The van der Waals surface area contributed by atoms with Gasteiger partial charge in [-0.05, 0) is 107 Å². The molecular formula is C54H50N2S. The SMILES string of the molecule is C=C/C(=C\C)c1ccc(N(c2ccc3c(c2)C(C)(C)c2ccccc2-3)c2ccc3c(c2)c2ccc4sc5ccccc5c4c2n3-c2ccccc2)cc1.CC.CC. The van der Waals surface area contributed by atoms with Gasteiger partial charge in [-0.15, -0.1) is 11.3 Å². The Morgan fingerprint density at radius 2 is 1.25 bits per heavy atom. The first kappa shape index (κ1) is 37.7. The molecule has 1 aliphatic carbocycles. The van der Waals surface area contributed by atoms with E-state index in [4.69, 9.17) is 0 Å². The van der Waals surface area contributed by atoms with E-state index in [9.17, 15) is 0 Å². The lowest BCUT2D eigenvalue weighted by Crippen LogP contribution is -2.16. The highest BCUT2D eigenvalue weighted by atomic mass is 32.1. The first-order valence-electron chi connectivity index (χ1n) is 20.3. The van der Waals surface area contributed by atoms with Gasteiger partial charge in [-0.25, -0.2) is 0 Å². The normalized spacial score (nSPS) is 12.8. The number of fused-ring (bicyclic) bond motifs is 10. The van der Waals surface area contributed by atoms with Gasteiger partial charge < -0.3 is 9.47 Å². The smallest absolute Gasteiger partial charge is 0.0634 e. The molecule has 0 radical (unpaired) electrons. The monoisotopic (exact) mass is 758 g/mol. The largest absolute Gasteiger partial charge is 0.310 e. The fraction of sp³-hybridized carbons (Fsp3) is 0.148. The van der Waals surface area contributed by atoms with Crippen molar-refractivity contribution < 1.29 is 0 Å². The van der Waals surface area contributed by atoms with Crippen LogP contribution in [0, 0.1) is 0 Å². The van der Waals surface area contributed by atoms with Crippen LogP contribution in [0.3, 0.4) is 0 Å². The van der Waals surface area contributed by atoms with Crippen LogP contribution < -0.4 is 4.90 Å². The molecule has 282 valence electrons.